The van der Waals surface area contributed by atoms with E-state index >= 15 is 0 Å². The standard InChI is InChI=1S/C22H32N4O2/c1-23-21(25-19-18-8-12-28-20(18)22(19)9-4-10-22)24-15-7-11-26(14-15)16-5-3-6-17(13-16)27-2/h3,5-6,13,15,18-20H,4,7-12,14H2,1-2H3,(H2,23,24,25). The van der Waals surface area contributed by atoms with Gasteiger partial charge in [-0.05, 0) is 37.8 Å². The summed E-state index contributed by atoms with van der Waals surface area (Å²) in [4.78, 5) is 6.97. The molecule has 28 heavy (non-hydrogen) atoms. The molecule has 2 saturated carbocycles. The largest absolute Gasteiger partial charge is 0.497 e. The second-order valence-corrected chi connectivity index (χ2v) is 8.80. The molecule has 2 heterocycles. The minimum atomic E-state index is 0.376. The van der Waals surface area contributed by atoms with Crippen molar-refractivity contribution in [3.8, 4) is 5.75 Å². The van der Waals surface area contributed by atoms with Gasteiger partial charge in [-0.15, -0.1) is 0 Å². The van der Waals surface area contributed by atoms with Crippen molar-refractivity contribution in [3.63, 3.8) is 0 Å². The second kappa shape index (κ2) is 7.14. The molecule has 2 N–H and O–H groups in total. The lowest BCUT2D eigenvalue weighted by atomic mass is 9.46. The van der Waals surface area contributed by atoms with Gasteiger partial charge in [-0.3, -0.25) is 4.99 Å². The third-order valence-corrected chi connectivity index (χ3v) is 7.50. The van der Waals surface area contributed by atoms with E-state index in [0.29, 0.717) is 29.5 Å². The number of hydrogen-bond acceptors (Lipinski definition) is 4. The summed E-state index contributed by atoms with van der Waals surface area (Å²) in [7, 11) is 3.61. The minimum absolute atomic E-state index is 0.376. The van der Waals surface area contributed by atoms with Gasteiger partial charge in [0.2, 0.25) is 0 Å². The van der Waals surface area contributed by atoms with Crippen LogP contribution < -0.4 is 20.3 Å². The van der Waals surface area contributed by atoms with Gasteiger partial charge in [-0.1, -0.05) is 12.5 Å². The molecule has 152 valence electrons. The second-order valence-electron chi connectivity index (χ2n) is 8.80. The van der Waals surface area contributed by atoms with Crippen molar-refractivity contribution < 1.29 is 9.47 Å². The first-order valence-corrected chi connectivity index (χ1v) is 10.7. The highest BCUT2D eigenvalue weighted by Gasteiger charge is 2.66. The lowest BCUT2D eigenvalue weighted by molar-refractivity contribution is -0.171. The van der Waals surface area contributed by atoms with Crippen molar-refractivity contribution in [2.45, 2.75) is 50.3 Å². The van der Waals surface area contributed by atoms with Crippen LogP contribution in [-0.2, 0) is 4.74 Å². The summed E-state index contributed by atoms with van der Waals surface area (Å²) in [6.07, 6.45) is 6.74. The Morgan fingerprint density at radius 2 is 2.18 bits per heavy atom. The fourth-order valence-electron chi connectivity index (χ4n) is 5.89. The number of hydrogen-bond donors (Lipinski definition) is 2. The minimum Gasteiger partial charge on any atom is -0.497 e. The molecule has 6 nitrogen and oxygen atoms in total. The fourth-order valence-corrected chi connectivity index (χ4v) is 5.89. The highest BCUT2D eigenvalue weighted by atomic mass is 16.5. The van der Waals surface area contributed by atoms with E-state index < -0.39 is 0 Å². The molecular formula is C22H32N4O2. The zero-order valence-corrected chi connectivity index (χ0v) is 17.0. The predicted molar refractivity (Wildman–Crippen MR) is 111 cm³/mol. The molecule has 1 aromatic carbocycles. The molecular weight excluding hydrogens is 352 g/mol. The van der Waals surface area contributed by atoms with E-state index in [1.165, 1.54) is 31.4 Å². The summed E-state index contributed by atoms with van der Waals surface area (Å²) in [6.45, 7) is 2.96. The first kappa shape index (κ1) is 18.1. The highest BCUT2D eigenvalue weighted by molar-refractivity contribution is 5.81. The molecule has 2 aliphatic heterocycles. The number of anilines is 1. The molecule has 4 aliphatic rings. The van der Waals surface area contributed by atoms with Crippen LogP contribution in [0.5, 0.6) is 5.75 Å². The van der Waals surface area contributed by atoms with E-state index in [0.717, 1.165) is 37.8 Å². The topological polar surface area (TPSA) is 58.1 Å². The maximum atomic E-state index is 6.05. The van der Waals surface area contributed by atoms with Gasteiger partial charge in [-0.2, -0.15) is 0 Å². The third kappa shape index (κ3) is 2.84. The van der Waals surface area contributed by atoms with Gasteiger partial charge in [0, 0.05) is 61.9 Å². The quantitative estimate of drug-likeness (QED) is 0.617. The number of ether oxygens (including phenoxy) is 2. The van der Waals surface area contributed by atoms with Crippen LogP contribution in [0, 0.1) is 11.3 Å². The molecule has 4 fully saturated rings. The number of nitrogens with one attached hydrogen (secondary N) is 2. The van der Waals surface area contributed by atoms with Crippen LogP contribution in [-0.4, -0.2) is 58.0 Å². The Labute approximate surface area is 167 Å². The van der Waals surface area contributed by atoms with Crippen molar-refractivity contribution in [1.82, 2.24) is 10.6 Å². The number of aliphatic imine (C=N–C) groups is 1. The average Bonchev–Trinajstić information content (AvgIpc) is 3.32. The molecule has 0 amide bonds. The number of guanidine groups is 1. The summed E-state index contributed by atoms with van der Waals surface area (Å²) in [6, 6.07) is 9.26. The maximum absolute atomic E-state index is 6.05. The fraction of sp³-hybridized carbons (Fsp3) is 0.682. The molecule has 6 heteroatoms. The molecule has 1 spiro atoms. The summed E-state index contributed by atoms with van der Waals surface area (Å²) in [5, 5.41) is 7.47. The molecule has 2 saturated heterocycles. The number of methoxy groups -OCH3 is 1. The van der Waals surface area contributed by atoms with Crippen LogP contribution >= 0.6 is 0 Å². The first-order valence-electron chi connectivity index (χ1n) is 10.7. The normalized spacial score (nSPS) is 33.2. The van der Waals surface area contributed by atoms with Gasteiger partial charge in [0.1, 0.15) is 5.75 Å². The monoisotopic (exact) mass is 384 g/mol. The Kier molecular flexibility index (Phi) is 4.62. The van der Waals surface area contributed by atoms with Crippen LogP contribution in [0.1, 0.15) is 32.1 Å². The summed E-state index contributed by atoms with van der Waals surface area (Å²) >= 11 is 0. The van der Waals surface area contributed by atoms with Crippen molar-refractivity contribution >= 4 is 11.6 Å². The lowest BCUT2D eigenvalue weighted by Crippen LogP contribution is -2.72. The summed E-state index contributed by atoms with van der Waals surface area (Å²) in [5.74, 6) is 2.53. The van der Waals surface area contributed by atoms with E-state index in [1.54, 1.807) is 7.11 Å². The molecule has 2 aliphatic carbocycles. The molecule has 1 aromatic rings. The van der Waals surface area contributed by atoms with Gasteiger partial charge in [0.05, 0.1) is 13.2 Å². The van der Waals surface area contributed by atoms with Gasteiger partial charge >= 0.3 is 0 Å². The smallest absolute Gasteiger partial charge is 0.191 e. The Morgan fingerprint density at radius 1 is 1.29 bits per heavy atom. The molecule has 0 radical (unpaired) electrons. The number of rotatable bonds is 4. The van der Waals surface area contributed by atoms with Crippen LogP contribution in [0.15, 0.2) is 29.3 Å². The molecule has 4 unspecified atom stereocenters. The Morgan fingerprint density at radius 3 is 2.93 bits per heavy atom. The van der Waals surface area contributed by atoms with Gasteiger partial charge in [0.25, 0.3) is 0 Å². The Hall–Kier alpha value is -1.95. The van der Waals surface area contributed by atoms with Crippen molar-refractivity contribution in [2.75, 3.05) is 38.8 Å². The zero-order chi connectivity index (χ0) is 19.1. The van der Waals surface area contributed by atoms with Gasteiger partial charge < -0.3 is 25.0 Å². The van der Waals surface area contributed by atoms with E-state index in [2.05, 4.69) is 38.7 Å². The third-order valence-electron chi connectivity index (χ3n) is 7.50. The van der Waals surface area contributed by atoms with E-state index in [4.69, 9.17) is 9.47 Å². The van der Waals surface area contributed by atoms with Crippen molar-refractivity contribution in [2.24, 2.45) is 16.3 Å². The van der Waals surface area contributed by atoms with E-state index in [9.17, 15) is 0 Å². The van der Waals surface area contributed by atoms with Gasteiger partial charge in [-0.25, -0.2) is 0 Å². The summed E-state index contributed by atoms with van der Waals surface area (Å²) in [5.41, 5.74) is 1.60. The average molecular weight is 385 g/mol. The Bertz CT molecular complexity index is 748. The van der Waals surface area contributed by atoms with Gasteiger partial charge in [0.15, 0.2) is 5.96 Å². The van der Waals surface area contributed by atoms with E-state index in [-0.39, 0.29) is 0 Å². The van der Waals surface area contributed by atoms with Crippen LogP contribution in [0.2, 0.25) is 0 Å². The number of fused-ring (bicyclic) bond motifs is 2. The highest BCUT2D eigenvalue weighted by Crippen LogP contribution is 2.62. The zero-order valence-electron chi connectivity index (χ0n) is 17.0. The van der Waals surface area contributed by atoms with E-state index in [1.807, 2.05) is 13.1 Å². The number of benzene rings is 1. The molecule has 5 rings (SSSR count). The van der Waals surface area contributed by atoms with Crippen molar-refractivity contribution in [3.05, 3.63) is 24.3 Å². The maximum Gasteiger partial charge on any atom is 0.191 e. The van der Waals surface area contributed by atoms with Crippen molar-refractivity contribution in [1.29, 1.82) is 0 Å². The Balaban J connectivity index is 1.20. The molecule has 0 aromatic heterocycles. The molecule has 4 atom stereocenters. The molecule has 0 bridgehead atoms. The van der Waals surface area contributed by atoms with Crippen LogP contribution in [0.25, 0.3) is 0 Å². The predicted octanol–water partition coefficient (Wildman–Crippen LogP) is 2.40. The van der Waals surface area contributed by atoms with Crippen LogP contribution in [0.3, 0.4) is 0 Å². The summed E-state index contributed by atoms with van der Waals surface area (Å²) < 4.78 is 11.4. The lowest BCUT2D eigenvalue weighted by Gasteiger charge is -2.63. The SMILES string of the molecule is CN=C(NC1CCN(c2cccc(OC)c2)C1)NC1C2CCOC2C12CCC2. The van der Waals surface area contributed by atoms with Crippen LogP contribution in [0.4, 0.5) is 5.69 Å². The first-order chi connectivity index (χ1) is 13.7. The number of nitrogens with zero attached hydrogens (tertiary/aromatic N) is 2.